The van der Waals surface area contributed by atoms with Crippen LogP contribution < -0.4 is 4.74 Å². The van der Waals surface area contributed by atoms with Crippen LogP contribution in [0.25, 0.3) is 0 Å². The number of halogens is 1. The first-order chi connectivity index (χ1) is 6.72. The Balaban J connectivity index is 2.54. The second-order valence-electron chi connectivity index (χ2n) is 3.42. The van der Waals surface area contributed by atoms with E-state index in [2.05, 4.69) is 0 Å². The lowest BCUT2D eigenvalue weighted by Crippen LogP contribution is -2.10. The van der Waals surface area contributed by atoms with Crippen molar-refractivity contribution in [3.05, 3.63) is 28.3 Å². The smallest absolute Gasteiger partial charge is 0.163 e. The molecule has 0 unspecified atom stereocenters. The molecule has 2 rings (SSSR count). The zero-order valence-electron chi connectivity index (χ0n) is 7.97. The molecule has 0 N–H and O–H groups in total. The Hall–Kier alpha value is -1.02. The molecule has 0 saturated heterocycles. The van der Waals surface area contributed by atoms with Crippen LogP contribution in [0.5, 0.6) is 5.75 Å². The van der Waals surface area contributed by atoms with Crippen molar-refractivity contribution in [1.82, 2.24) is 0 Å². The van der Waals surface area contributed by atoms with Crippen molar-refractivity contribution in [2.45, 2.75) is 19.3 Å². The molecule has 1 aromatic rings. The fourth-order valence-electron chi connectivity index (χ4n) is 1.79. The number of methoxy groups -OCH3 is 1. The van der Waals surface area contributed by atoms with Gasteiger partial charge in [0.05, 0.1) is 12.1 Å². The number of rotatable bonds is 1. The number of hydrogen-bond acceptors (Lipinski definition) is 2. The van der Waals surface area contributed by atoms with Crippen LogP contribution in [0.1, 0.15) is 28.8 Å². The lowest BCUT2D eigenvalue weighted by molar-refractivity contribution is 0.0972. The van der Waals surface area contributed by atoms with Gasteiger partial charge < -0.3 is 4.74 Å². The van der Waals surface area contributed by atoms with E-state index in [0.29, 0.717) is 17.2 Å². The van der Waals surface area contributed by atoms with Crippen molar-refractivity contribution in [2.24, 2.45) is 0 Å². The number of carbonyl (C=O) groups excluding carboxylic acids is 1. The summed E-state index contributed by atoms with van der Waals surface area (Å²) in [5, 5.41) is 0.584. The average molecular weight is 211 g/mol. The maximum Gasteiger partial charge on any atom is 0.163 e. The summed E-state index contributed by atoms with van der Waals surface area (Å²) >= 11 is 5.97. The van der Waals surface area contributed by atoms with E-state index in [9.17, 15) is 4.79 Å². The topological polar surface area (TPSA) is 26.3 Å². The van der Waals surface area contributed by atoms with E-state index in [0.717, 1.165) is 24.0 Å². The Morgan fingerprint density at radius 3 is 2.86 bits per heavy atom. The molecule has 74 valence electrons. The normalized spacial score (nSPS) is 15.1. The number of aryl methyl sites for hydroxylation is 1. The fourth-order valence-corrected chi connectivity index (χ4v) is 2.05. The summed E-state index contributed by atoms with van der Waals surface area (Å²) < 4.78 is 5.08. The summed E-state index contributed by atoms with van der Waals surface area (Å²) in [7, 11) is 1.56. The highest BCUT2D eigenvalue weighted by molar-refractivity contribution is 6.32. The van der Waals surface area contributed by atoms with Crippen molar-refractivity contribution in [2.75, 3.05) is 7.11 Å². The number of ether oxygens (including phenoxy) is 1. The first-order valence-corrected chi connectivity index (χ1v) is 5.00. The number of hydrogen-bond donors (Lipinski definition) is 0. The molecule has 0 spiro atoms. The number of benzene rings is 1. The van der Waals surface area contributed by atoms with Gasteiger partial charge in [0.25, 0.3) is 0 Å². The van der Waals surface area contributed by atoms with Gasteiger partial charge in [-0.2, -0.15) is 0 Å². The van der Waals surface area contributed by atoms with Crippen LogP contribution in [-0.2, 0) is 6.42 Å². The second kappa shape index (κ2) is 3.62. The zero-order valence-corrected chi connectivity index (χ0v) is 8.73. The molecular weight excluding hydrogens is 200 g/mol. The summed E-state index contributed by atoms with van der Waals surface area (Å²) in [6.45, 7) is 0. The Kier molecular flexibility index (Phi) is 2.46. The van der Waals surface area contributed by atoms with Gasteiger partial charge in [-0.25, -0.2) is 0 Å². The predicted molar refractivity (Wildman–Crippen MR) is 55.3 cm³/mol. The van der Waals surface area contributed by atoms with Gasteiger partial charge >= 0.3 is 0 Å². The molecule has 0 heterocycles. The fraction of sp³-hybridized carbons (Fsp3) is 0.364. The maximum atomic E-state index is 11.6. The first-order valence-electron chi connectivity index (χ1n) is 4.62. The third kappa shape index (κ3) is 1.50. The summed E-state index contributed by atoms with van der Waals surface area (Å²) in [6.07, 6.45) is 2.50. The van der Waals surface area contributed by atoms with Crippen molar-refractivity contribution in [1.29, 1.82) is 0 Å². The molecule has 0 aliphatic heterocycles. The summed E-state index contributed by atoms with van der Waals surface area (Å²) in [4.78, 5) is 11.6. The average Bonchev–Trinajstić information content (AvgIpc) is 2.17. The van der Waals surface area contributed by atoms with Gasteiger partial charge in [0, 0.05) is 12.0 Å². The van der Waals surface area contributed by atoms with E-state index >= 15 is 0 Å². The Bertz CT molecular complexity index is 385. The standard InChI is InChI=1S/C11H11ClO2/c1-14-11-6-8-7(5-9(11)12)3-2-4-10(8)13/h5-6H,2-4H2,1H3. The predicted octanol–water partition coefficient (Wildman–Crippen LogP) is 2.87. The summed E-state index contributed by atoms with van der Waals surface area (Å²) in [5.74, 6) is 0.780. The van der Waals surface area contributed by atoms with Crippen molar-refractivity contribution >= 4 is 17.4 Å². The summed E-state index contributed by atoms with van der Waals surface area (Å²) in [5.41, 5.74) is 1.82. The molecule has 3 heteroatoms. The quantitative estimate of drug-likeness (QED) is 0.713. The first kappa shape index (κ1) is 9.53. The minimum Gasteiger partial charge on any atom is -0.495 e. The van der Waals surface area contributed by atoms with Crippen LogP contribution in [-0.4, -0.2) is 12.9 Å². The van der Waals surface area contributed by atoms with Gasteiger partial charge in [0.2, 0.25) is 0 Å². The molecule has 1 aliphatic carbocycles. The molecule has 14 heavy (non-hydrogen) atoms. The van der Waals surface area contributed by atoms with Gasteiger partial charge in [-0.1, -0.05) is 11.6 Å². The van der Waals surface area contributed by atoms with E-state index in [1.807, 2.05) is 6.07 Å². The molecule has 0 radical (unpaired) electrons. The highest BCUT2D eigenvalue weighted by Gasteiger charge is 2.19. The van der Waals surface area contributed by atoms with E-state index in [1.54, 1.807) is 13.2 Å². The molecule has 0 amide bonds. The molecule has 0 aromatic heterocycles. The lowest BCUT2D eigenvalue weighted by Gasteiger charge is -2.16. The Labute approximate surface area is 87.8 Å². The highest BCUT2D eigenvalue weighted by atomic mass is 35.5. The highest BCUT2D eigenvalue weighted by Crippen LogP contribution is 2.31. The molecule has 0 saturated carbocycles. The molecule has 2 nitrogen and oxygen atoms in total. The van der Waals surface area contributed by atoms with E-state index in [-0.39, 0.29) is 5.78 Å². The van der Waals surface area contributed by atoms with Gasteiger partial charge in [-0.3, -0.25) is 4.79 Å². The Morgan fingerprint density at radius 1 is 1.36 bits per heavy atom. The Morgan fingerprint density at radius 2 is 2.14 bits per heavy atom. The van der Waals surface area contributed by atoms with Crippen LogP contribution in [0, 0.1) is 0 Å². The molecular formula is C11H11ClO2. The van der Waals surface area contributed by atoms with Crippen LogP contribution in [0.4, 0.5) is 0 Å². The van der Waals surface area contributed by atoms with Crippen LogP contribution in [0.15, 0.2) is 12.1 Å². The van der Waals surface area contributed by atoms with Crippen molar-refractivity contribution < 1.29 is 9.53 Å². The van der Waals surface area contributed by atoms with E-state index in [1.165, 1.54) is 0 Å². The summed E-state index contributed by atoms with van der Waals surface area (Å²) in [6, 6.07) is 3.59. The zero-order chi connectivity index (χ0) is 10.1. The monoisotopic (exact) mass is 210 g/mol. The molecule has 1 aromatic carbocycles. The number of Topliss-reactive ketones (excluding diaryl/α,β-unsaturated/α-hetero) is 1. The maximum absolute atomic E-state index is 11.6. The minimum atomic E-state index is 0.196. The van der Waals surface area contributed by atoms with Gasteiger partial charge in [-0.15, -0.1) is 0 Å². The number of fused-ring (bicyclic) bond motifs is 1. The van der Waals surface area contributed by atoms with Gasteiger partial charge in [0.15, 0.2) is 5.78 Å². The van der Waals surface area contributed by atoms with Crippen LogP contribution >= 0.6 is 11.6 Å². The van der Waals surface area contributed by atoms with Crippen LogP contribution in [0.3, 0.4) is 0 Å². The molecule has 0 atom stereocenters. The third-order valence-corrected chi connectivity index (χ3v) is 2.82. The van der Waals surface area contributed by atoms with Gasteiger partial charge in [-0.05, 0) is 30.5 Å². The van der Waals surface area contributed by atoms with Crippen LogP contribution in [0.2, 0.25) is 5.02 Å². The molecule has 0 fully saturated rings. The molecule has 1 aliphatic rings. The minimum absolute atomic E-state index is 0.196. The number of ketones is 1. The second-order valence-corrected chi connectivity index (χ2v) is 3.83. The molecule has 0 bridgehead atoms. The third-order valence-electron chi connectivity index (χ3n) is 2.53. The van der Waals surface area contributed by atoms with Gasteiger partial charge in [0.1, 0.15) is 5.75 Å². The van der Waals surface area contributed by atoms with E-state index in [4.69, 9.17) is 16.3 Å². The van der Waals surface area contributed by atoms with Crippen molar-refractivity contribution in [3.63, 3.8) is 0 Å². The van der Waals surface area contributed by atoms with Crippen molar-refractivity contribution in [3.8, 4) is 5.75 Å². The largest absolute Gasteiger partial charge is 0.495 e. The lowest BCUT2D eigenvalue weighted by atomic mass is 9.90. The number of carbonyl (C=O) groups is 1. The van der Waals surface area contributed by atoms with E-state index < -0.39 is 0 Å². The SMILES string of the molecule is COc1cc2c(cc1Cl)CCCC2=O.